The Labute approximate surface area is 168 Å². The van der Waals surface area contributed by atoms with Crippen molar-refractivity contribution in [3.8, 4) is 22.9 Å². The van der Waals surface area contributed by atoms with E-state index in [2.05, 4.69) is 25.2 Å². The second kappa shape index (κ2) is 9.65. The molecule has 0 spiro atoms. The van der Waals surface area contributed by atoms with E-state index >= 15 is 0 Å². The summed E-state index contributed by atoms with van der Waals surface area (Å²) >= 11 is 0. The molecule has 0 bridgehead atoms. The molecule has 0 fully saturated rings. The van der Waals surface area contributed by atoms with Crippen molar-refractivity contribution in [2.24, 2.45) is 0 Å². The fraction of sp³-hybridized carbons (Fsp3) is 0.158. The van der Waals surface area contributed by atoms with Gasteiger partial charge in [0.2, 0.25) is 11.7 Å². The summed E-state index contributed by atoms with van der Waals surface area (Å²) in [6, 6.07) is 8.32. The van der Waals surface area contributed by atoms with E-state index < -0.39 is 18.3 Å². The summed E-state index contributed by atoms with van der Waals surface area (Å²) < 4.78 is 47.3. The molecular formula is C19H15F3N4O4. The summed E-state index contributed by atoms with van der Waals surface area (Å²) in [5.41, 5.74) is 3.09. The molecule has 0 saturated carbocycles. The molecule has 0 aliphatic carbocycles. The molecule has 0 radical (unpaired) electrons. The van der Waals surface area contributed by atoms with Crippen LogP contribution in [0.15, 0.2) is 48.8 Å². The van der Waals surface area contributed by atoms with E-state index in [9.17, 15) is 18.0 Å². The van der Waals surface area contributed by atoms with Gasteiger partial charge in [-0.2, -0.15) is 8.78 Å². The second-order valence-corrected chi connectivity index (χ2v) is 5.71. The van der Waals surface area contributed by atoms with Gasteiger partial charge in [0.05, 0.1) is 12.8 Å². The molecule has 0 aliphatic rings. The van der Waals surface area contributed by atoms with Crippen molar-refractivity contribution in [1.82, 2.24) is 20.4 Å². The lowest BCUT2D eigenvalue weighted by Gasteiger charge is -2.08. The maximum atomic E-state index is 13.8. The Bertz CT molecular complexity index is 1020. The number of ether oxygens (including phenoxy) is 2. The summed E-state index contributed by atoms with van der Waals surface area (Å²) in [6.07, 6.45) is 2.60. The highest BCUT2D eigenvalue weighted by Crippen LogP contribution is 2.19. The van der Waals surface area contributed by atoms with Crippen LogP contribution in [0.1, 0.15) is 16.2 Å². The van der Waals surface area contributed by atoms with Crippen molar-refractivity contribution in [2.45, 2.75) is 13.2 Å². The summed E-state index contributed by atoms with van der Waals surface area (Å²) in [5, 5.41) is 0. The van der Waals surface area contributed by atoms with Crippen LogP contribution in [0, 0.1) is 5.82 Å². The Balaban J connectivity index is 1.63. The first-order chi connectivity index (χ1) is 14.5. The Kier molecular flexibility index (Phi) is 6.75. The number of alkyl halides is 2. The largest absolute Gasteiger partial charge is 0.497 e. The highest BCUT2D eigenvalue weighted by molar-refractivity contribution is 5.90. The monoisotopic (exact) mass is 420 g/mol. The molecule has 1 aromatic carbocycles. The van der Waals surface area contributed by atoms with E-state index in [1.807, 2.05) is 0 Å². The highest BCUT2D eigenvalue weighted by Gasteiger charge is 2.13. The van der Waals surface area contributed by atoms with Crippen LogP contribution in [0.2, 0.25) is 0 Å². The maximum absolute atomic E-state index is 13.8. The first kappa shape index (κ1) is 21.0. The van der Waals surface area contributed by atoms with Crippen molar-refractivity contribution in [1.29, 1.82) is 0 Å². The number of benzene rings is 1. The van der Waals surface area contributed by atoms with Gasteiger partial charge in [0.25, 0.3) is 0 Å². The van der Waals surface area contributed by atoms with Crippen LogP contribution in [-0.2, 0) is 11.4 Å². The van der Waals surface area contributed by atoms with Gasteiger partial charge in [0, 0.05) is 29.6 Å². The third kappa shape index (κ3) is 5.41. The third-order valence-corrected chi connectivity index (χ3v) is 3.75. The SMILES string of the molecule is COc1ccc(F)c(CONC(=O)c2nccc(-c3ccc(OC(F)F)nc3)n2)c1. The first-order valence-corrected chi connectivity index (χ1v) is 8.45. The smallest absolute Gasteiger partial charge is 0.388 e. The standard InChI is InChI=1S/C19H15F3N4O4/c1-28-13-3-4-14(20)12(8-13)10-29-26-18(27)17-23-7-6-15(25-17)11-2-5-16(24-9-11)30-19(21)22/h2-9,19H,10H2,1H3,(H,26,27). The Hall–Kier alpha value is -3.73. The van der Waals surface area contributed by atoms with Crippen LogP contribution in [0.4, 0.5) is 13.2 Å². The summed E-state index contributed by atoms with van der Waals surface area (Å²) in [7, 11) is 1.44. The van der Waals surface area contributed by atoms with Gasteiger partial charge in [-0.1, -0.05) is 0 Å². The average molecular weight is 420 g/mol. The van der Waals surface area contributed by atoms with Crippen LogP contribution in [0.3, 0.4) is 0 Å². The average Bonchev–Trinajstić information content (AvgIpc) is 2.75. The van der Waals surface area contributed by atoms with Crippen molar-refractivity contribution in [3.05, 3.63) is 66.0 Å². The van der Waals surface area contributed by atoms with Crippen molar-refractivity contribution >= 4 is 5.91 Å². The normalized spacial score (nSPS) is 10.7. The Morgan fingerprint density at radius 2 is 2.00 bits per heavy atom. The lowest BCUT2D eigenvalue weighted by molar-refractivity contribution is -0.0528. The van der Waals surface area contributed by atoms with Crippen LogP contribution in [-0.4, -0.2) is 34.6 Å². The van der Waals surface area contributed by atoms with Gasteiger partial charge >= 0.3 is 12.5 Å². The summed E-state index contributed by atoms with van der Waals surface area (Å²) in [4.78, 5) is 28.9. The predicted molar refractivity (Wildman–Crippen MR) is 97.1 cm³/mol. The minimum atomic E-state index is -2.98. The number of aromatic nitrogens is 3. The number of pyridine rings is 1. The van der Waals surface area contributed by atoms with Gasteiger partial charge in [-0.25, -0.2) is 24.8 Å². The number of amides is 1. The number of carbonyl (C=O) groups excluding carboxylic acids is 1. The van der Waals surface area contributed by atoms with Crippen LogP contribution in [0.25, 0.3) is 11.3 Å². The minimum Gasteiger partial charge on any atom is -0.497 e. The van der Waals surface area contributed by atoms with E-state index in [0.717, 1.165) is 0 Å². The molecule has 0 saturated heterocycles. The predicted octanol–water partition coefficient (Wildman–Crippen LogP) is 3.15. The number of rotatable bonds is 8. The molecule has 30 heavy (non-hydrogen) atoms. The lowest BCUT2D eigenvalue weighted by atomic mass is 10.2. The number of hydroxylamine groups is 1. The third-order valence-electron chi connectivity index (χ3n) is 3.75. The number of hydrogen-bond acceptors (Lipinski definition) is 7. The summed E-state index contributed by atoms with van der Waals surface area (Å²) in [6.45, 7) is -3.23. The zero-order valence-electron chi connectivity index (χ0n) is 15.5. The topological polar surface area (TPSA) is 95.5 Å². The number of halogens is 3. The van der Waals surface area contributed by atoms with E-state index in [4.69, 9.17) is 9.57 Å². The second-order valence-electron chi connectivity index (χ2n) is 5.71. The van der Waals surface area contributed by atoms with Crippen molar-refractivity contribution in [3.63, 3.8) is 0 Å². The van der Waals surface area contributed by atoms with E-state index in [-0.39, 0.29) is 23.9 Å². The number of nitrogens with one attached hydrogen (secondary N) is 1. The van der Waals surface area contributed by atoms with Gasteiger partial charge in [-0.05, 0) is 30.3 Å². The van der Waals surface area contributed by atoms with E-state index in [1.165, 1.54) is 55.9 Å². The number of methoxy groups -OCH3 is 1. The fourth-order valence-electron chi connectivity index (χ4n) is 2.34. The number of hydrogen-bond donors (Lipinski definition) is 1. The quantitative estimate of drug-likeness (QED) is 0.560. The van der Waals surface area contributed by atoms with Crippen LogP contribution in [0.5, 0.6) is 11.6 Å². The molecule has 2 heterocycles. The van der Waals surface area contributed by atoms with E-state index in [0.29, 0.717) is 17.0 Å². The first-order valence-electron chi connectivity index (χ1n) is 8.45. The molecule has 11 heteroatoms. The molecule has 2 aromatic heterocycles. The molecule has 0 aliphatic heterocycles. The van der Waals surface area contributed by atoms with Gasteiger partial charge < -0.3 is 9.47 Å². The van der Waals surface area contributed by atoms with Gasteiger partial charge in [-0.3, -0.25) is 9.63 Å². The molecular weight excluding hydrogens is 405 g/mol. The van der Waals surface area contributed by atoms with Gasteiger partial charge in [0.15, 0.2) is 0 Å². The van der Waals surface area contributed by atoms with Crippen LogP contribution >= 0.6 is 0 Å². The molecule has 3 rings (SSSR count). The molecule has 0 atom stereocenters. The number of carbonyl (C=O) groups is 1. The molecule has 3 aromatic rings. The molecule has 1 amide bonds. The van der Waals surface area contributed by atoms with Crippen molar-refractivity contribution < 1.29 is 32.3 Å². The van der Waals surface area contributed by atoms with Gasteiger partial charge in [-0.15, -0.1) is 0 Å². The maximum Gasteiger partial charge on any atom is 0.388 e. The highest BCUT2D eigenvalue weighted by atomic mass is 19.3. The molecule has 0 unspecified atom stereocenters. The van der Waals surface area contributed by atoms with Crippen molar-refractivity contribution in [2.75, 3.05) is 7.11 Å². The van der Waals surface area contributed by atoms with Gasteiger partial charge in [0.1, 0.15) is 18.2 Å². The lowest BCUT2D eigenvalue weighted by Crippen LogP contribution is -2.25. The van der Waals surface area contributed by atoms with Crippen LogP contribution < -0.4 is 15.0 Å². The Morgan fingerprint density at radius 1 is 1.17 bits per heavy atom. The molecule has 1 N–H and O–H groups in total. The minimum absolute atomic E-state index is 0.182. The molecule has 8 nitrogen and oxygen atoms in total. The Morgan fingerprint density at radius 3 is 2.70 bits per heavy atom. The number of nitrogens with zero attached hydrogens (tertiary/aromatic N) is 3. The molecule has 156 valence electrons. The zero-order chi connectivity index (χ0) is 21.5. The fourth-order valence-corrected chi connectivity index (χ4v) is 2.34. The zero-order valence-corrected chi connectivity index (χ0v) is 15.5. The van der Waals surface area contributed by atoms with E-state index in [1.54, 1.807) is 0 Å². The summed E-state index contributed by atoms with van der Waals surface area (Å²) in [5.74, 6) is -1.30.